The molecule has 10 heterocycles. The van der Waals surface area contributed by atoms with Crippen LogP contribution in [-0.4, -0.2) is 403 Å². The number of likely N-dealkylation sites (N-methyl/N-ethyl adjacent to an activating group) is 4. The van der Waals surface area contributed by atoms with Gasteiger partial charge in [-0.3, -0.25) is 57.7 Å². The average Bonchev–Trinajstić information content (AvgIpc) is 0.882. The van der Waals surface area contributed by atoms with Gasteiger partial charge in [-0.1, -0.05) is 177 Å². The van der Waals surface area contributed by atoms with E-state index in [0.717, 1.165) is 214 Å². The highest BCUT2D eigenvalue weighted by molar-refractivity contribution is 5.84. The van der Waals surface area contributed by atoms with Crippen LogP contribution in [0.1, 0.15) is 350 Å². The van der Waals surface area contributed by atoms with E-state index in [4.69, 9.17) is 0 Å². The fraction of sp³-hybridized carbons (Fsp3) is 0.913. The van der Waals surface area contributed by atoms with Gasteiger partial charge in [0, 0.05) is 235 Å². The minimum Gasteiger partial charge on any atom is -0.304 e. The van der Waals surface area contributed by atoms with Gasteiger partial charge in [-0.15, -0.1) is 0 Å². The third-order valence-corrected chi connectivity index (χ3v) is 29.3. The van der Waals surface area contributed by atoms with Gasteiger partial charge in [0.15, 0.2) is 0 Å². The number of nitrogens with zero attached hydrogens (tertiary/aromatic N) is 14. The summed E-state index contributed by atoms with van der Waals surface area (Å²) in [5.74, 6) is 6.12. The summed E-state index contributed by atoms with van der Waals surface area (Å²) in [6, 6.07) is 0. The summed E-state index contributed by atoms with van der Waals surface area (Å²) in [6.45, 7) is 82.3. The average molecular weight is 1960 g/mol. The van der Waals surface area contributed by atoms with E-state index in [9.17, 15) is 47.9 Å². The van der Waals surface area contributed by atoms with E-state index in [0.29, 0.717) is 70.9 Å². The molecular weight excluding hydrogens is 1740 g/mol. The molecule has 0 radical (unpaired) electrons. The molecule has 0 aromatic heterocycles. The molecule has 10 aliphatic rings. The first-order valence-electron chi connectivity index (χ1n) is 57.3. The van der Waals surface area contributed by atoms with Crippen LogP contribution in [0, 0.1) is 59.2 Å². The molecule has 0 amide bonds. The van der Waals surface area contributed by atoms with Crippen LogP contribution in [0.5, 0.6) is 0 Å². The van der Waals surface area contributed by atoms with E-state index in [1.54, 1.807) is 0 Å². The number of piperidine rings is 6. The lowest BCUT2D eigenvalue weighted by molar-refractivity contribution is -0.124. The van der Waals surface area contributed by atoms with Crippen LogP contribution in [0.4, 0.5) is 0 Å². The summed E-state index contributed by atoms with van der Waals surface area (Å²) in [4.78, 5) is 148. The van der Waals surface area contributed by atoms with Crippen molar-refractivity contribution >= 4 is 57.8 Å². The Labute approximate surface area is 856 Å². The van der Waals surface area contributed by atoms with Gasteiger partial charge in [0.05, 0.1) is 13.1 Å². The molecule has 0 aromatic carbocycles. The van der Waals surface area contributed by atoms with Crippen molar-refractivity contribution in [3.05, 3.63) is 0 Å². The molecule has 0 aromatic rings. The van der Waals surface area contributed by atoms with Gasteiger partial charge < -0.3 is 58.8 Å². The maximum absolute atomic E-state index is 11.4. The molecule has 10 aliphatic heterocycles. The van der Waals surface area contributed by atoms with Crippen molar-refractivity contribution in [2.75, 3.05) is 277 Å². The number of rotatable bonds is 45. The van der Waals surface area contributed by atoms with Crippen LogP contribution in [0.25, 0.3) is 0 Å². The Morgan fingerprint density at radius 2 is 0.281 bits per heavy atom. The fourth-order valence-electron chi connectivity index (χ4n) is 17.9. The van der Waals surface area contributed by atoms with Crippen molar-refractivity contribution in [1.82, 2.24) is 68.6 Å². The zero-order chi connectivity index (χ0) is 104. The molecule has 0 spiro atoms. The molecular formula is C115H224N14O10. The van der Waals surface area contributed by atoms with Gasteiger partial charge >= 0.3 is 0 Å². The van der Waals surface area contributed by atoms with Crippen molar-refractivity contribution in [3.8, 4) is 0 Å². The predicted octanol–water partition coefficient (Wildman–Crippen LogP) is 17.9. The standard InChI is InChI=1S/C13H26N2O.C13H25NO.C12H24N2O.2C12H23NO.C11H22N2O.2C11H21NO.C10H20N2O.C10H19NO/c1-12(2)13(16)6-4-5-7-15-10-8-14(3)9-11-15;1-12(2)13(15)8-4-7-11-14-9-5-3-6-10-14;1-11(2)12(15)5-4-6-14-9-7-13(3)8-10-14;2*1-11(2)12(14)7-6-10-13-8-4-3-5-9-13;1-10(2)11(14)4-5-13-8-6-12(3)7-9-13;2*1-10(2)11(13)6-9-12-7-4-3-5-8-12;1-9(2)10(13)8-12-6-4-11(3)5-7-12;1-9(2)10(12)8-11-6-4-3-5-7-11/h12H,4-11H2,1-3H3;12H,3-11H2,1-2H3;11H,4-10H2,1-3H3;2*11H,3-10H2,1-2H3;10H,4-9H2,1-3H3;2*10H,3-9H2,1-2H3;9H,4-8H2,1-3H3;9H,3-8H2,1-2H3. The molecule has 0 saturated carbocycles. The molecule has 814 valence electrons. The van der Waals surface area contributed by atoms with Gasteiger partial charge in [0.1, 0.15) is 57.8 Å². The number of carbonyl (C=O) groups is 10. The Bertz CT molecular complexity index is 3020. The summed E-state index contributed by atoms with van der Waals surface area (Å²) < 4.78 is 0. The number of hydrogen-bond donors (Lipinski definition) is 0. The van der Waals surface area contributed by atoms with Crippen LogP contribution in [0.2, 0.25) is 0 Å². The van der Waals surface area contributed by atoms with Crippen LogP contribution in [-0.2, 0) is 47.9 Å². The molecule has 24 heteroatoms. The van der Waals surface area contributed by atoms with Crippen LogP contribution in [0.3, 0.4) is 0 Å². The first-order valence-corrected chi connectivity index (χ1v) is 57.3. The van der Waals surface area contributed by atoms with E-state index in [1.807, 2.05) is 138 Å². The number of carbonyl (C=O) groups excluding carboxylic acids is 10. The molecule has 139 heavy (non-hydrogen) atoms. The van der Waals surface area contributed by atoms with E-state index >= 15 is 0 Å². The highest BCUT2D eigenvalue weighted by atomic mass is 16.2. The summed E-state index contributed by atoms with van der Waals surface area (Å²) in [5.41, 5.74) is 0. The monoisotopic (exact) mass is 1960 g/mol. The smallest absolute Gasteiger partial charge is 0.149 e. The topological polar surface area (TPSA) is 216 Å². The first kappa shape index (κ1) is 133. The second-order valence-corrected chi connectivity index (χ2v) is 45.5. The quantitative estimate of drug-likeness (QED) is 0.0518. The molecule has 0 unspecified atom stereocenters. The number of Topliss-reactive ketones (excluding diaryl/α,β-unsaturated/α-hetero) is 10. The zero-order valence-electron chi connectivity index (χ0n) is 95.3. The Morgan fingerprint density at radius 3 is 0.475 bits per heavy atom. The molecule has 10 saturated heterocycles. The largest absolute Gasteiger partial charge is 0.304 e. The maximum atomic E-state index is 11.4. The lowest BCUT2D eigenvalue weighted by Crippen LogP contribution is -2.46. The Hall–Kier alpha value is -3.86. The molecule has 10 rings (SSSR count). The van der Waals surface area contributed by atoms with E-state index in [2.05, 4.69) is 96.8 Å². The second-order valence-electron chi connectivity index (χ2n) is 45.5. The Kier molecular flexibility index (Phi) is 79.6. The summed E-state index contributed by atoms with van der Waals surface area (Å²) in [6.07, 6.45) is 37.9. The molecule has 0 bridgehead atoms. The molecule has 0 atom stereocenters. The summed E-state index contributed by atoms with van der Waals surface area (Å²) >= 11 is 0. The van der Waals surface area contributed by atoms with Crippen LogP contribution < -0.4 is 0 Å². The first-order chi connectivity index (χ1) is 66.1. The SMILES string of the molecule is CC(C)C(=O)CCCCN1CCCCC1.CC(C)C(=O)CCCCN1CCN(C)CC1.CC(C)C(=O)CCCN1CCCCC1.CC(C)C(=O)CCCN1CCCCC1.CC(C)C(=O)CCCN1CCN(C)CC1.CC(C)C(=O)CCN1CCCCC1.CC(C)C(=O)CCN1CCCCC1.CC(C)C(=O)CCN1CCN(C)CC1.CC(C)C(=O)CN1CCCCC1.CC(C)C(=O)CN1CCN(C)CC1. The predicted molar refractivity (Wildman–Crippen MR) is 585 cm³/mol. The minimum atomic E-state index is 0.180. The van der Waals surface area contributed by atoms with Gasteiger partial charge in [-0.25, -0.2) is 0 Å². The summed E-state index contributed by atoms with van der Waals surface area (Å²) in [5, 5.41) is 0. The molecule has 10 fully saturated rings. The zero-order valence-corrected chi connectivity index (χ0v) is 95.3. The van der Waals surface area contributed by atoms with Crippen molar-refractivity contribution in [2.45, 2.75) is 350 Å². The van der Waals surface area contributed by atoms with Crippen molar-refractivity contribution in [1.29, 1.82) is 0 Å². The number of piperazine rings is 4. The number of unbranched alkanes of at least 4 members (excludes halogenated alkanes) is 2. The lowest BCUT2D eigenvalue weighted by Gasteiger charge is -2.32. The number of ketones is 10. The highest BCUT2D eigenvalue weighted by Gasteiger charge is 2.25. The second kappa shape index (κ2) is 83.1. The Balaban J connectivity index is 0.000000773. The van der Waals surface area contributed by atoms with Crippen LogP contribution >= 0.6 is 0 Å². The van der Waals surface area contributed by atoms with Crippen molar-refractivity contribution in [2.24, 2.45) is 59.2 Å². The Morgan fingerprint density at radius 1 is 0.144 bits per heavy atom. The maximum Gasteiger partial charge on any atom is 0.149 e. The molecule has 24 nitrogen and oxygen atoms in total. The number of likely N-dealkylation sites (tertiary alicyclic amines) is 6. The molecule has 0 N–H and O–H groups in total. The third-order valence-electron chi connectivity index (χ3n) is 29.3. The van der Waals surface area contributed by atoms with Gasteiger partial charge in [0.2, 0.25) is 0 Å². The highest BCUT2D eigenvalue weighted by Crippen LogP contribution is 2.19. The number of hydrogen-bond acceptors (Lipinski definition) is 24. The van der Waals surface area contributed by atoms with E-state index in [-0.39, 0.29) is 59.2 Å². The summed E-state index contributed by atoms with van der Waals surface area (Å²) in [7, 11) is 8.62. The van der Waals surface area contributed by atoms with E-state index < -0.39 is 0 Å². The third kappa shape index (κ3) is 73.0. The van der Waals surface area contributed by atoms with Crippen LogP contribution in [0.15, 0.2) is 0 Å². The van der Waals surface area contributed by atoms with Gasteiger partial charge in [-0.2, -0.15) is 0 Å². The minimum absolute atomic E-state index is 0.180. The van der Waals surface area contributed by atoms with Gasteiger partial charge in [-0.05, 0) is 261 Å². The lowest BCUT2D eigenvalue weighted by atomic mass is 10.0. The fourth-order valence-corrected chi connectivity index (χ4v) is 17.9. The van der Waals surface area contributed by atoms with Gasteiger partial charge in [0.25, 0.3) is 0 Å². The van der Waals surface area contributed by atoms with Crippen molar-refractivity contribution < 1.29 is 47.9 Å². The normalized spacial score (nSPS) is 19.4. The molecule has 0 aliphatic carbocycles. The van der Waals surface area contributed by atoms with E-state index in [1.165, 1.54) is 233 Å². The van der Waals surface area contributed by atoms with Crippen molar-refractivity contribution in [3.63, 3.8) is 0 Å².